The molecule has 21 heavy (non-hydrogen) atoms. The van der Waals surface area contributed by atoms with Gasteiger partial charge in [0.2, 0.25) is 0 Å². The van der Waals surface area contributed by atoms with Gasteiger partial charge in [0.1, 0.15) is 5.82 Å². The number of aromatic nitrogens is 2. The average Bonchev–Trinajstić information content (AvgIpc) is 3.09. The van der Waals surface area contributed by atoms with Crippen molar-refractivity contribution < 1.29 is 8.42 Å². The van der Waals surface area contributed by atoms with Crippen molar-refractivity contribution in [3.8, 4) is 0 Å². The molecule has 7 nitrogen and oxygen atoms in total. The van der Waals surface area contributed by atoms with Gasteiger partial charge in [0, 0.05) is 18.8 Å². The van der Waals surface area contributed by atoms with Gasteiger partial charge in [-0.1, -0.05) is 12.8 Å². The highest BCUT2D eigenvalue weighted by atomic mass is 32.2. The van der Waals surface area contributed by atoms with Gasteiger partial charge in [-0.15, -0.1) is 0 Å². The zero-order valence-corrected chi connectivity index (χ0v) is 13.1. The first-order valence-electron chi connectivity index (χ1n) is 7.52. The second-order valence-corrected chi connectivity index (χ2v) is 8.00. The Kier molecular flexibility index (Phi) is 3.83. The molecule has 2 heterocycles. The van der Waals surface area contributed by atoms with Crippen LogP contribution in [0.2, 0.25) is 0 Å². The molecule has 0 aromatic carbocycles. The van der Waals surface area contributed by atoms with E-state index < -0.39 is 9.84 Å². The van der Waals surface area contributed by atoms with Gasteiger partial charge in [-0.3, -0.25) is 0 Å². The summed E-state index contributed by atoms with van der Waals surface area (Å²) in [6.45, 7) is 1.75. The molecule has 1 aromatic rings. The molecule has 0 amide bonds. The van der Waals surface area contributed by atoms with E-state index in [2.05, 4.69) is 15.7 Å². The summed E-state index contributed by atoms with van der Waals surface area (Å²) in [5, 5.41) is 11.0. The van der Waals surface area contributed by atoms with Gasteiger partial charge < -0.3 is 16.4 Å². The molecule has 0 bridgehead atoms. The van der Waals surface area contributed by atoms with Crippen LogP contribution in [0.25, 0.3) is 0 Å². The maximum Gasteiger partial charge on any atom is 0.182 e. The van der Waals surface area contributed by atoms with Gasteiger partial charge in [0.15, 0.2) is 20.6 Å². The summed E-state index contributed by atoms with van der Waals surface area (Å²) in [5.41, 5.74) is 6.11. The van der Waals surface area contributed by atoms with Gasteiger partial charge in [-0.2, -0.15) is 5.10 Å². The smallest absolute Gasteiger partial charge is 0.182 e. The fourth-order valence-electron chi connectivity index (χ4n) is 3.29. The van der Waals surface area contributed by atoms with Crippen LogP contribution in [0.15, 0.2) is 4.90 Å². The number of sulfone groups is 1. The lowest BCUT2D eigenvalue weighted by Crippen LogP contribution is -2.23. The van der Waals surface area contributed by atoms with E-state index in [1.165, 1.54) is 6.26 Å². The molecule has 0 radical (unpaired) electrons. The molecule has 2 aliphatic rings. The minimum atomic E-state index is -3.41. The van der Waals surface area contributed by atoms with Gasteiger partial charge >= 0.3 is 0 Å². The van der Waals surface area contributed by atoms with Gasteiger partial charge in [0.25, 0.3) is 0 Å². The lowest BCUT2D eigenvalue weighted by atomic mass is 10.2. The van der Waals surface area contributed by atoms with Gasteiger partial charge in [-0.25, -0.2) is 13.1 Å². The normalized spacial score (nSPS) is 23.8. The molecule has 1 saturated heterocycles. The van der Waals surface area contributed by atoms with Crippen molar-refractivity contribution in [3.63, 3.8) is 0 Å². The lowest BCUT2D eigenvalue weighted by molar-refractivity contribution is 0.474. The molecule has 1 atom stereocenters. The van der Waals surface area contributed by atoms with Crippen molar-refractivity contribution >= 4 is 21.5 Å². The number of nitrogens with two attached hydrogens (primary N) is 1. The fourth-order valence-corrected chi connectivity index (χ4v) is 4.22. The minimum absolute atomic E-state index is 0.154. The quantitative estimate of drug-likeness (QED) is 0.758. The molecular formula is C13H23N5O2S. The molecule has 1 aliphatic heterocycles. The number of nitrogens with one attached hydrogen (secondary N) is 2. The first-order valence-corrected chi connectivity index (χ1v) is 9.41. The molecule has 1 aromatic heterocycles. The Balaban J connectivity index is 1.97. The summed E-state index contributed by atoms with van der Waals surface area (Å²) in [6, 6.07) is 0.430. The second-order valence-electron chi connectivity index (χ2n) is 6.05. The highest BCUT2D eigenvalue weighted by Crippen LogP contribution is 2.36. The maximum atomic E-state index is 12.1. The third kappa shape index (κ3) is 2.87. The summed E-state index contributed by atoms with van der Waals surface area (Å²) in [7, 11) is -3.41. The van der Waals surface area contributed by atoms with E-state index in [-0.39, 0.29) is 22.8 Å². The number of nitrogens with zero attached hydrogens (tertiary/aromatic N) is 2. The molecule has 3 rings (SSSR count). The van der Waals surface area contributed by atoms with Crippen molar-refractivity contribution in [2.45, 2.75) is 49.1 Å². The fraction of sp³-hybridized carbons (Fsp3) is 0.769. The summed E-state index contributed by atoms with van der Waals surface area (Å²) < 4.78 is 25.9. The molecule has 1 unspecified atom stereocenters. The Bertz CT molecular complexity index is 613. The van der Waals surface area contributed by atoms with Crippen molar-refractivity contribution in [1.82, 2.24) is 15.1 Å². The number of anilines is 2. The van der Waals surface area contributed by atoms with Crippen LogP contribution in [0, 0.1) is 0 Å². The van der Waals surface area contributed by atoms with Crippen LogP contribution in [0.1, 0.15) is 38.1 Å². The Hall–Kier alpha value is -1.28. The SMILES string of the molecule is CS(=O)(=O)c1c(NC2CCNC2)nn(C2CCCC2)c1N. The Morgan fingerprint density at radius 1 is 1.33 bits per heavy atom. The van der Waals surface area contributed by atoms with E-state index in [1.54, 1.807) is 4.68 Å². The van der Waals surface area contributed by atoms with Crippen molar-refractivity contribution in [3.05, 3.63) is 0 Å². The number of hydrogen-bond acceptors (Lipinski definition) is 6. The highest BCUT2D eigenvalue weighted by molar-refractivity contribution is 7.91. The van der Waals surface area contributed by atoms with Crippen LogP contribution in [0.3, 0.4) is 0 Å². The third-order valence-corrected chi connectivity index (χ3v) is 5.49. The Labute approximate surface area is 125 Å². The molecule has 0 spiro atoms. The Morgan fingerprint density at radius 2 is 2.05 bits per heavy atom. The van der Waals surface area contributed by atoms with Gasteiger partial charge in [0.05, 0.1) is 6.04 Å². The highest BCUT2D eigenvalue weighted by Gasteiger charge is 2.30. The predicted molar refractivity (Wildman–Crippen MR) is 82.2 cm³/mol. The van der Waals surface area contributed by atoms with Crippen LogP contribution < -0.4 is 16.4 Å². The van der Waals surface area contributed by atoms with E-state index in [0.29, 0.717) is 5.82 Å². The van der Waals surface area contributed by atoms with E-state index in [0.717, 1.165) is 45.2 Å². The third-order valence-electron chi connectivity index (χ3n) is 4.34. The zero-order valence-electron chi connectivity index (χ0n) is 12.3. The number of hydrogen-bond donors (Lipinski definition) is 3. The van der Waals surface area contributed by atoms with Crippen LogP contribution in [0.4, 0.5) is 11.6 Å². The molecular weight excluding hydrogens is 290 g/mol. The van der Waals surface area contributed by atoms with Crippen molar-refractivity contribution in [2.24, 2.45) is 0 Å². The summed E-state index contributed by atoms with van der Waals surface area (Å²) in [6.07, 6.45) is 6.47. The van der Waals surface area contributed by atoms with E-state index >= 15 is 0 Å². The first kappa shape index (κ1) is 14.6. The van der Waals surface area contributed by atoms with E-state index in [1.807, 2.05) is 0 Å². The summed E-state index contributed by atoms with van der Waals surface area (Å²) in [4.78, 5) is 0.154. The maximum absolute atomic E-state index is 12.1. The molecule has 4 N–H and O–H groups in total. The van der Waals surface area contributed by atoms with Crippen LogP contribution in [-0.2, 0) is 9.84 Å². The number of rotatable bonds is 4. The summed E-state index contributed by atoms with van der Waals surface area (Å²) >= 11 is 0. The van der Waals surface area contributed by atoms with E-state index in [4.69, 9.17) is 5.73 Å². The van der Waals surface area contributed by atoms with Crippen molar-refractivity contribution in [2.75, 3.05) is 30.4 Å². The molecule has 118 valence electrons. The standard InChI is InChI=1S/C13H23N5O2S/c1-21(19,20)11-12(14)18(10-4-2-3-5-10)17-13(11)16-9-6-7-15-8-9/h9-10,15H,2-8,14H2,1H3,(H,16,17). The molecule has 2 fully saturated rings. The van der Waals surface area contributed by atoms with Crippen LogP contribution >= 0.6 is 0 Å². The van der Waals surface area contributed by atoms with E-state index in [9.17, 15) is 8.42 Å². The monoisotopic (exact) mass is 313 g/mol. The predicted octanol–water partition coefficient (Wildman–Crippen LogP) is 0.758. The minimum Gasteiger partial charge on any atom is -0.383 e. The topological polar surface area (TPSA) is 102 Å². The molecule has 1 aliphatic carbocycles. The zero-order chi connectivity index (χ0) is 15.0. The van der Waals surface area contributed by atoms with Crippen LogP contribution in [-0.4, -0.2) is 43.6 Å². The van der Waals surface area contributed by atoms with Crippen molar-refractivity contribution in [1.29, 1.82) is 0 Å². The summed E-state index contributed by atoms with van der Waals surface area (Å²) in [5.74, 6) is 0.688. The van der Waals surface area contributed by atoms with Crippen LogP contribution in [0.5, 0.6) is 0 Å². The molecule has 1 saturated carbocycles. The average molecular weight is 313 g/mol. The largest absolute Gasteiger partial charge is 0.383 e. The van der Waals surface area contributed by atoms with Gasteiger partial charge in [-0.05, 0) is 25.8 Å². The lowest BCUT2D eigenvalue weighted by Gasteiger charge is -2.12. The molecule has 8 heteroatoms. The number of nitrogen functional groups attached to an aromatic ring is 1. The Morgan fingerprint density at radius 3 is 2.62 bits per heavy atom. The first-order chi connectivity index (χ1) is 9.97. The second kappa shape index (κ2) is 5.49.